The highest BCUT2D eigenvalue weighted by atomic mass is 16.2. The monoisotopic (exact) mass is 344 g/mol. The SMILES string of the molecule is Cc1ccc(CCNC(=O)N2CCC(CN3CCNC3=O)CC2)cc1. The van der Waals surface area contributed by atoms with Crippen LogP contribution in [0.15, 0.2) is 24.3 Å². The number of likely N-dealkylation sites (tertiary alicyclic amines) is 1. The van der Waals surface area contributed by atoms with Gasteiger partial charge in [0.2, 0.25) is 0 Å². The summed E-state index contributed by atoms with van der Waals surface area (Å²) in [5, 5.41) is 5.86. The van der Waals surface area contributed by atoms with Gasteiger partial charge in [-0.05, 0) is 37.7 Å². The lowest BCUT2D eigenvalue weighted by Crippen LogP contribution is -2.46. The van der Waals surface area contributed by atoms with Crippen molar-refractivity contribution >= 4 is 12.1 Å². The van der Waals surface area contributed by atoms with E-state index in [1.54, 1.807) is 0 Å². The first-order valence-corrected chi connectivity index (χ1v) is 9.23. The van der Waals surface area contributed by atoms with E-state index in [1.807, 2.05) is 9.80 Å². The lowest BCUT2D eigenvalue weighted by Gasteiger charge is -2.33. The van der Waals surface area contributed by atoms with E-state index >= 15 is 0 Å². The maximum Gasteiger partial charge on any atom is 0.317 e. The second-order valence-electron chi connectivity index (χ2n) is 7.08. The molecule has 0 unspecified atom stereocenters. The molecule has 3 rings (SSSR count). The molecule has 2 saturated heterocycles. The summed E-state index contributed by atoms with van der Waals surface area (Å²) in [6.07, 6.45) is 2.79. The number of carbonyl (C=O) groups excluding carboxylic acids is 2. The molecule has 0 saturated carbocycles. The minimum absolute atomic E-state index is 0.0319. The van der Waals surface area contributed by atoms with Gasteiger partial charge in [0.25, 0.3) is 0 Å². The molecule has 0 atom stereocenters. The summed E-state index contributed by atoms with van der Waals surface area (Å²) in [5.74, 6) is 0.500. The fraction of sp³-hybridized carbons (Fsp3) is 0.579. The van der Waals surface area contributed by atoms with Gasteiger partial charge < -0.3 is 20.4 Å². The normalized spacial score (nSPS) is 18.4. The summed E-state index contributed by atoms with van der Waals surface area (Å²) in [4.78, 5) is 27.7. The average Bonchev–Trinajstić information content (AvgIpc) is 3.02. The van der Waals surface area contributed by atoms with Crippen molar-refractivity contribution < 1.29 is 9.59 Å². The number of nitrogens with one attached hydrogen (secondary N) is 2. The number of rotatable bonds is 5. The van der Waals surface area contributed by atoms with E-state index in [0.717, 1.165) is 52.0 Å². The van der Waals surface area contributed by atoms with Crippen LogP contribution < -0.4 is 10.6 Å². The summed E-state index contributed by atoms with van der Waals surface area (Å²) < 4.78 is 0. The van der Waals surface area contributed by atoms with E-state index in [-0.39, 0.29) is 12.1 Å². The van der Waals surface area contributed by atoms with Crippen molar-refractivity contribution in [3.8, 4) is 0 Å². The number of benzene rings is 1. The molecule has 0 radical (unpaired) electrons. The van der Waals surface area contributed by atoms with Gasteiger partial charge in [0, 0.05) is 39.3 Å². The van der Waals surface area contributed by atoms with Crippen molar-refractivity contribution in [2.75, 3.05) is 39.3 Å². The Morgan fingerprint density at radius 3 is 2.56 bits per heavy atom. The molecule has 25 heavy (non-hydrogen) atoms. The quantitative estimate of drug-likeness (QED) is 0.858. The summed E-state index contributed by atoms with van der Waals surface area (Å²) in [7, 11) is 0. The van der Waals surface area contributed by atoms with Crippen molar-refractivity contribution in [2.24, 2.45) is 5.92 Å². The molecular weight excluding hydrogens is 316 g/mol. The standard InChI is InChI=1S/C19H28N4O2/c1-15-2-4-16(5-3-15)6-9-20-18(24)22-11-7-17(8-12-22)14-23-13-10-21-19(23)25/h2-5,17H,6-14H2,1H3,(H,20,24)(H,21,25). The van der Waals surface area contributed by atoms with Crippen LogP contribution in [0.5, 0.6) is 0 Å². The fourth-order valence-corrected chi connectivity index (χ4v) is 3.50. The van der Waals surface area contributed by atoms with E-state index in [9.17, 15) is 9.59 Å². The number of urea groups is 2. The Hall–Kier alpha value is -2.24. The number of hydrogen-bond acceptors (Lipinski definition) is 2. The Morgan fingerprint density at radius 2 is 1.92 bits per heavy atom. The molecule has 136 valence electrons. The first kappa shape index (κ1) is 17.6. The number of nitrogens with zero attached hydrogens (tertiary/aromatic N) is 2. The molecule has 2 aliphatic heterocycles. The van der Waals surface area contributed by atoms with Crippen LogP contribution in [0.4, 0.5) is 9.59 Å². The molecule has 0 bridgehead atoms. The van der Waals surface area contributed by atoms with Crippen molar-refractivity contribution in [2.45, 2.75) is 26.2 Å². The highest BCUT2D eigenvalue weighted by molar-refractivity contribution is 5.76. The molecule has 0 aromatic heterocycles. The fourth-order valence-electron chi connectivity index (χ4n) is 3.50. The first-order chi connectivity index (χ1) is 12.1. The van der Waals surface area contributed by atoms with Gasteiger partial charge in [0.15, 0.2) is 0 Å². The number of amides is 4. The van der Waals surface area contributed by atoms with E-state index in [1.165, 1.54) is 11.1 Å². The highest BCUT2D eigenvalue weighted by Gasteiger charge is 2.27. The third-order valence-electron chi connectivity index (χ3n) is 5.14. The van der Waals surface area contributed by atoms with Gasteiger partial charge in [0.05, 0.1) is 0 Å². The van der Waals surface area contributed by atoms with E-state index < -0.39 is 0 Å². The van der Waals surface area contributed by atoms with Crippen molar-refractivity contribution in [1.82, 2.24) is 20.4 Å². The molecule has 0 aliphatic carbocycles. The van der Waals surface area contributed by atoms with Crippen molar-refractivity contribution in [3.63, 3.8) is 0 Å². The molecule has 2 N–H and O–H groups in total. The summed E-state index contributed by atoms with van der Waals surface area (Å²) in [6, 6.07) is 8.51. The van der Waals surface area contributed by atoms with Crippen LogP contribution in [0.3, 0.4) is 0 Å². The van der Waals surface area contributed by atoms with Crippen LogP contribution in [0.25, 0.3) is 0 Å². The Kier molecular flexibility index (Phi) is 5.79. The zero-order valence-corrected chi connectivity index (χ0v) is 15.0. The molecule has 1 aromatic carbocycles. The second-order valence-corrected chi connectivity index (χ2v) is 7.08. The van der Waals surface area contributed by atoms with Crippen LogP contribution in [0.1, 0.15) is 24.0 Å². The molecular formula is C19H28N4O2. The molecule has 2 heterocycles. The largest absolute Gasteiger partial charge is 0.338 e. The van der Waals surface area contributed by atoms with Gasteiger partial charge in [-0.1, -0.05) is 29.8 Å². The van der Waals surface area contributed by atoms with Crippen molar-refractivity contribution in [1.29, 1.82) is 0 Å². The number of hydrogen-bond donors (Lipinski definition) is 2. The van der Waals surface area contributed by atoms with Crippen LogP contribution in [0.2, 0.25) is 0 Å². The van der Waals surface area contributed by atoms with Crippen LogP contribution in [0, 0.1) is 12.8 Å². The predicted octanol–water partition coefficient (Wildman–Crippen LogP) is 1.98. The molecule has 2 aliphatic rings. The predicted molar refractivity (Wildman–Crippen MR) is 97.6 cm³/mol. The smallest absolute Gasteiger partial charge is 0.317 e. The molecule has 6 nitrogen and oxygen atoms in total. The second kappa shape index (κ2) is 8.23. The maximum absolute atomic E-state index is 12.3. The zero-order chi connectivity index (χ0) is 17.6. The Labute approximate surface area is 149 Å². The Bertz CT molecular complexity index is 594. The minimum atomic E-state index is 0.0319. The zero-order valence-electron chi connectivity index (χ0n) is 15.0. The number of aryl methyl sites for hydroxylation is 1. The van der Waals surface area contributed by atoms with Crippen LogP contribution in [-0.2, 0) is 6.42 Å². The Balaban J connectivity index is 1.35. The first-order valence-electron chi connectivity index (χ1n) is 9.23. The average molecular weight is 344 g/mol. The minimum Gasteiger partial charge on any atom is -0.338 e. The number of carbonyl (C=O) groups is 2. The van der Waals surface area contributed by atoms with Gasteiger partial charge >= 0.3 is 12.1 Å². The number of piperidine rings is 1. The van der Waals surface area contributed by atoms with Crippen molar-refractivity contribution in [3.05, 3.63) is 35.4 Å². The van der Waals surface area contributed by atoms with Gasteiger partial charge in [-0.2, -0.15) is 0 Å². The Morgan fingerprint density at radius 1 is 1.20 bits per heavy atom. The molecule has 2 fully saturated rings. The highest BCUT2D eigenvalue weighted by Crippen LogP contribution is 2.19. The lowest BCUT2D eigenvalue weighted by atomic mass is 9.96. The third-order valence-corrected chi connectivity index (χ3v) is 5.14. The molecule has 4 amide bonds. The molecule has 1 aromatic rings. The van der Waals surface area contributed by atoms with E-state index in [0.29, 0.717) is 12.5 Å². The molecule has 0 spiro atoms. The van der Waals surface area contributed by atoms with E-state index in [2.05, 4.69) is 41.8 Å². The van der Waals surface area contributed by atoms with Gasteiger partial charge in [-0.15, -0.1) is 0 Å². The summed E-state index contributed by atoms with van der Waals surface area (Å²) >= 11 is 0. The lowest BCUT2D eigenvalue weighted by molar-refractivity contribution is 0.155. The van der Waals surface area contributed by atoms with Gasteiger partial charge in [0.1, 0.15) is 0 Å². The summed E-state index contributed by atoms with van der Waals surface area (Å²) in [5.41, 5.74) is 2.50. The maximum atomic E-state index is 12.3. The van der Waals surface area contributed by atoms with Gasteiger partial charge in [-0.25, -0.2) is 9.59 Å². The summed E-state index contributed by atoms with van der Waals surface area (Å²) in [6.45, 7) is 6.66. The van der Waals surface area contributed by atoms with Crippen LogP contribution >= 0.6 is 0 Å². The van der Waals surface area contributed by atoms with Gasteiger partial charge in [-0.3, -0.25) is 0 Å². The molecule has 6 heteroatoms. The van der Waals surface area contributed by atoms with Crippen LogP contribution in [-0.4, -0.2) is 61.1 Å². The topological polar surface area (TPSA) is 64.7 Å². The third kappa shape index (κ3) is 4.87. The van der Waals surface area contributed by atoms with E-state index in [4.69, 9.17) is 0 Å².